The molecular weight excluding hydrogens is 257 g/mol. The zero-order chi connectivity index (χ0) is 13.9. The summed E-state index contributed by atoms with van der Waals surface area (Å²) in [5, 5.41) is 6.67. The lowest BCUT2D eigenvalue weighted by Crippen LogP contribution is -2.14. The van der Waals surface area contributed by atoms with Crippen molar-refractivity contribution < 1.29 is 13.2 Å². The van der Waals surface area contributed by atoms with E-state index in [0.29, 0.717) is 12.2 Å². The third-order valence-electron chi connectivity index (χ3n) is 2.58. The molecule has 102 valence electrons. The predicted molar refractivity (Wildman–Crippen MR) is 63.7 cm³/mol. The van der Waals surface area contributed by atoms with Crippen molar-refractivity contribution in [1.82, 2.24) is 20.1 Å². The van der Waals surface area contributed by atoms with Crippen LogP contribution in [-0.4, -0.2) is 21.3 Å². The highest BCUT2D eigenvalue weighted by Gasteiger charge is 2.33. The largest absolute Gasteiger partial charge is 0.435 e. The molecule has 0 aromatic carbocycles. The number of aromatic nitrogens is 3. The molecule has 0 saturated heterocycles. The van der Waals surface area contributed by atoms with Crippen LogP contribution >= 0.6 is 0 Å². The Bertz CT molecular complexity index is 548. The number of nitrogens with one attached hydrogen (secondary N) is 1. The molecule has 0 radical (unpaired) electrons. The Hall–Kier alpha value is -1.89. The van der Waals surface area contributed by atoms with Crippen LogP contribution in [-0.2, 0) is 12.7 Å². The Labute approximate surface area is 108 Å². The van der Waals surface area contributed by atoms with Crippen molar-refractivity contribution in [3.05, 3.63) is 42.0 Å². The number of hydrogen-bond acceptors (Lipinski definition) is 3. The number of nitrogens with zero attached hydrogens (tertiary/aromatic N) is 3. The molecule has 0 unspecified atom stereocenters. The second kappa shape index (κ2) is 5.40. The molecule has 0 saturated carbocycles. The summed E-state index contributed by atoms with van der Waals surface area (Å²) in [6.45, 7) is 3.28. The quantitative estimate of drug-likeness (QED) is 0.927. The van der Waals surface area contributed by atoms with Gasteiger partial charge in [-0.3, -0.25) is 4.98 Å². The predicted octanol–water partition coefficient (Wildman–Crippen LogP) is 2.40. The maximum atomic E-state index is 12.5. The van der Waals surface area contributed by atoms with E-state index in [1.165, 1.54) is 17.1 Å². The van der Waals surface area contributed by atoms with Gasteiger partial charge >= 0.3 is 6.18 Å². The molecule has 2 aromatic heterocycles. The van der Waals surface area contributed by atoms with Gasteiger partial charge in [0, 0.05) is 18.9 Å². The van der Waals surface area contributed by atoms with Crippen molar-refractivity contribution in [2.24, 2.45) is 0 Å². The molecule has 0 fully saturated rings. The fraction of sp³-hybridized carbons (Fsp3) is 0.333. The van der Waals surface area contributed by atoms with Crippen LogP contribution in [0.1, 0.15) is 18.2 Å². The maximum Gasteiger partial charge on any atom is 0.435 e. The first kappa shape index (κ1) is 13.5. The SMILES string of the molecule is CCNCc1ccncc1-n1ccc(C(F)(F)F)n1. The summed E-state index contributed by atoms with van der Waals surface area (Å²) >= 11 is 0. The van der Waals surface area contributed by atoms with Gasteiger partial charge in [0.15, 0.2) is 5.69 Å². The van der Waals surface area contributed by atoms with Crippen molar-refractivity contribution in [3.63, 3.8) is 0 Å². The molecule has 19 heavy (non-hydrogen) atoms. The highest BCUT2D eigenvalue weighted by molar-refractivity contribution is 5.37. The molecule has 0 aliphatic heterocycles. The van der Waals surface area contributed by atoms with Crippen molar-refractivity contribution in [2.45, 2.75) is 19.6 Å². The Kier molecular flexibility index (Phi) is 3.84. The molecule has 2 rings (SSSR count). The fourth-order valence-corrected chi connectivity index (χ4v) is 1.64. The van der Waals surface area contributed by atoms with Gasteiger partial charge < -0.3 is 5.32 Å². The first-order valence-electron chi connectivity index (χ1n) is 5.79. The summed E-state index contributed by atoms with van der Waals surface area (Å²) in [5.74, 6) is 0. The number of rotatable bonds is 4. The minimum Gasteiger partial charge on any atom is -0.313 e. The van der Waals surface area contributed by atoms with Crippen LogP contribution in [0.15, 0.2) is 30.7 Å². The topological polar surface area (TPSA) is 42.7 Å². The van der Waals surface area contributed by atoms with E-state index in [9.17, 15) is 13.2 Å². The third kappa shape index (κ3) is 3.11. The van der Waals surface area contributed by atoms with E-state index in [1.807, 2.05) is 6.92 Å². The van der Waals surface area contributed by atoms with Gasteiger partial charge in [0.05, 0.1) is 11.9 Å². The smallest absolute Gasteiger partial charge is 0.313 e. The molecule has 0 amide bonds. The van der Waals surface area contributed by atoms with Crippen LogP contribution in [0.2, 0.25) is 0 Å². The van der Waals surface area contributed by atoms with Crippen molar-refractivity contribution >= 4 is 0 Å². The minimum absolute atomic E-state index is 0.541. The van der Waals surface area contributed by atoms with E-state index >= 15 is 0 Å². The van der Waals surface area contributed by atoms with Gasteiger partial charge in [0.25, 0.3) is 0 Å². The van der Waals surface area contributed by atoms with Gasteiger partial charge in [0.2, 0.25) is 0 Å². The zero-order valence-corrected chi connectivity index (χ0v) is 10.3. The second-order valence-electron chi connectivity index (χ2n) is 3.93. The monoisotopic (exact) mass is 270 g/mol. The highest BCUT2D eigenvalue weighted by Crippen LogP contribution is 2.28. The number of alkyl halides is 3. The Morgan fingerprint density at radius 2 is 2.11 bits per heavy atom. The molecule has 0 atom stereocenters. The summed E-state index contributed by atoms with van der Waals surface area (Å²) in [7, 11) is 0. The second-order valence-corrected chi connectivity index (χ2v) is 3.93. The van der Waals surface area contributed by atoms with Crippen molar-refractivity contribution in [2.75, 3.05) is 6.54 Å². The Morgan fingerprint density at radius 3 is 2.74 bits per heavy atom. The molecular formula is C12H13F3N4. The molecule has 7 heteroatoms. The molecule has 0 aliphatic carbocycles. The molecule has 0 bridgehead atoms. The standard InChI is InChI=1S/C12H13F3N4/c1-2-16-7-9-3-5-17-8-10(9)19-6-4-11(18-19)12(13,14)15/h3-6,8,16H,2,7H2,1H3. The molecule has 2 heterocycles. The average molecular weight is 270 g/mol. The summed E-state index contributed by atoms with van der Waals surface area (Å²) in [6, 6.07) is 2.71. The summed E-state index contributed by atoms with van der Waals surface area (Å²) in [5.41, 5.74) is 0.471. The summed E-state index contributed by atoms with van der Waals surface area (Å²) in [4.78, 5) is 3.93. The van der Waals surface area contributed by atoms with Crippen LogP contribution in [0, 0.1) is 0 Å². The van der Waals surface area contributed by atoms with Crippen LogP contribution in [0.4, 0.5) is 13.2 Å². The molecule has 2 aromatic rings. The van der Waals surface area contributed by atoms with E-state index in [4.69, 9.17) is 0 Å². The first-order valence-corrected chi connectivity index (χ1v) is 5.79. The van der Waals surface area contributed by atoms with E-state index < -0.39 is 11.9 Å². The Balaban J connectivity index is 2.33. The molecule has 0 spiro atoms. The van der Waals surface area contributed by atoms with Crippen molar-refractivity contribution in [3.8, 4) is 5.69 Å². The van der Waals surface area contributed by atoms with Gasteiger partial charge in [-0.25, -0.2) is 4.68 Å². The van der Waals surface area contributed by atoms with Crippen LogP contribution < -0.4 is 5.32 Å². The van der Waals surface area contributed by atoms with E-state index in [-0.39, 0.29) is 0 Å². The van der Waals surface area contributed by atoms with Crippen LogP contribution in [0.25, 0.3) is 5.69 Å². The molecule has 0 aliphatic rings. The van der Waals surface area contributed by atoms with Gasteiger partial charge in [-0.05, 0) is 24.2 Å². The normalized spacial score (nSPS) is 11.8. The van der Waals surface area contributed by atoms with Gasteiger partial charge in [0.1, 0.15) is 0 Å². The zero-order valence-electron chi connectivity index (χ0n) is 10.3. The van der Waals surface area contributed by atoms with Gasteiger partial charge in [-0.15, -0.1) is 0 Å². The average Bonchev–Trinajstić information content (AvgIpc) is 2.86. The van der Waals surface area contributed by atoms with Gasteiger partial charge in [-0.2, -0.15) is 18.3 Å². The Morgan fingerprint density at radius 1 is 1.32 bits per heavy atom. The fourth-order valence-electron chi connectivity index (χ4n) is 1.64. The lowest BCUT2D eigenvalue weighted by Gasteiger charge is -2.09. The first-order chi connectivity index (χ1) is 9.02. The lowest BCUT2D eigenvalue weighted by molar-refractivity contribution is -0.141. The number of pyridine rings is 1. The van der Waals surface area contributed by atoms with Crippen LogP contribution in [0.5, 0.6) is 0 Å². The van der Waals surface area contributed by atoms with E-state index in [2.05, 4.69) is 15.4 Å². The van der Waals surface area contributed by atoms with Gasteiger partial charge in [-0.1, -0.05) is 6.92 Å². The highest BCUT2D eigenvalue weighted by atomic mass is 19.4. The summed E-state index contributed by atoms with van der Waals surface area (Å²) < 4.78 is 38.7. The van der Waals surface area contributed by atoms with E-state index in [1.54, 1.807) is 12.3 Å². The number of halogens is 3. The molecule has 4 nitrogen and oxygen atoms in total. The molecule has 1 N–H and O–H groups in total. The minimum atomic E-state index is -4.44. The maximum absolute atomic E-state index is 12.5. The lowest BCUT2D eigenvalue weighted by atomic mass is 10.2. The van der Waals surface area contributed by atoms with E-state index in [0.717, 1.165) is 18.2 Å². The van der Waals surface area contributed by atoms with Crippen molar-refractivity contribution in [1.29, 1.82) is 0 Å². The summed E-state index contributed by atoms with van der Waals surface area (Å²) in [6.07, 6.45) is -0.0469. The third-order valence-corrected chi connectivity index (χ3v) is 2.58. The number of hydrogen-bond donors (Lipinski definition) is 1. The van der Waals surface area contributed by atoms with Crippen LogP contribution in [0.3, 0.4) is 0 Å².